The first-order valence-corrected chi connectivity index (χ1v) is 3.86. The summed E-state index contributed by atoms with van der Waals surface area (Å²) in [5.41, 5.74) is 0.968. The van der Waals surface area contributed by atoms with Crippen LogP contribution >= 0.6 is 0 Å². The third-order valence-electron chi connectivity index (χ3n) is 1.59. The summed E-state index contributed by atoms with van der Waals surface area (Å²) >= 11 is 0. The Hall–Kier alpha value is -1.77. The molecule has 1 rings (SSSR count). The molecule has 1 aromatic rings. The van der Waals surface area contributed by atoms with Crippen LogP contribution in [0.25, 0.3) is 0 Å². The van der Waals surface area contributed by atoms with Crippen molar-refractivity contribution >= 4 is 5.97 Å². The molecule has 3 nitrogen and oxygen atoms in total. The number of aliphatic carboxylic acids is 1. The zero-order chi connectivity index (χ0) is 9.68. The van der Waals surface area contributed by atoms with Gasteiger partial charge in [-0.1, -0.05) is 30.3 Å². The van der Waals surface area contributed by atoms with E-state index in [-0.39, 0.29) is 0 Å². The standard InChI is InChI=1S/C10H10O3/c11-9(10(12)13)7-6-8-4-2-1-3-5-8/h1-5,7,11H,6H2,(H,12,13)/b9-7-. The third-order valence-corrected chi connectivity index (χ3v) is 1.59. The first kappa shape index (κ1) is 9.32. The minimum atomic E-state index is -1.30. The van der Waals surface area contributed by atoms with E-state index >= 15 is 0 Å². The smallest absolute Gasteiger partial charge is 0.370 e. The average Bonchev–Trinajstić information content (AvgIpc) is 2.15. The second kappa shape index (κ2) is 4.30. The van der Waals surface area contributed by atoms with Crippen LogP contribution in [0.2, 0.25) is 0 Å². The largest absolute Gasteiger partial charge is 0.502 e. The molecule has 0 aliphatic heterocycles. The van der Waals surface area contributed by atoms with Crippen molar-refractivity contribution in [1.29, 1.82) is 0 Å². The van der Waals surface area contributed by atoms with E-state index in [1.165, 1.54) is 6.08 Å². The van der Waals surface area contributed by atoms with Crippen molar-refractivity contribution in [2.45, 2.75) is 6.42 Å². The Balaban J connectivity index is 2.62. The zero-order valence-corrected chi connectivity index (χ0v) is 6.97. The Morgan fingerprint density at radius 1 is 1.23 bits per heavy atom. The summed E-state index contributed by atoms with van der Waals surface area (Å²) in [5, 5.41) is 17.2. The van der Waals surface area contributed by atoms with E-state index in [0.717, 1.165) is 5.56 Å². The molecule has 0 unspecified atom stereocenters. The molecule has 0 bridgehead atoms. The highest BCUT2D eigenvalue weighted by atomic mass is 16.4. The van der Waals surface area contributed by atoms with Gasteiger partial charge in [-0.3, -0.25) is 0 Å². The van der Waals surface area contributed by atoms with Crippen LogP contribution < -0.4 is 0 Å². The summed E-state index contributed by atoms with van der Waals surface area (Å²) in [6, 6.07) is 9.34. The molecule has 0 aliphatic rings. The molecule has 0 fully saturated rings. The van der Waals surface area contributed by atoms with E-state index in [1.54, 1.807) is 0 Å². The maximum absolute atomic E-state index is 10.2. The molecule has 0 aliphatic carbocycles. The second-order valence-corrected chi connectivity index (χ2v) is 2.58. The monoisotopic (exact) mass is 178 g/mol. The SMILES string of the molecule is O=C(O)/C(O)=C/Cc1ccccc1. The Morgan fingerprint density at radius 2 is 1.85 bits per heavy atom. The van der Waals surface area contributed by atoms with Gasteiger partial charge in [-0.2, -0.15) is 0 Å². The van der Waals surface area contributed by atoms with Gasteiger partial charge in [-0.25, -0.2) is 4.79 Å². The van der Waals surface area contributed by atoms with Gasteiger partial charge in [0.15, 0.2) is 5.76 Å². The molecule has 0 saturated heterocycles. The van der Waals surface area contributed by atoms with Crippen molar-refractivity contribution in [3.8, 4) is 0 Å². The highest BCUT2D eigenvalue weighted by molar-refractivity contribution is 5.83. The predicted octanol–water partition coefficient (Wildman–Crippen LogP) is 1.76. The molecule has 13 heavy (non-hydrogen) atoms. The van der Waals surface area contributed by atoms with E-state index in [0.29, 0.717) is 6.42 Å². The molecular formula is C10H10O3. The molecule has 0 amide bonds. The number of carbonyl (C=O) groups is 1. The van der Waals surface area contributed by atoms with Crippen LogP contribution in [0.3, 0.4) is 0 Å². The lowest BCUT2D eigenvalue weighted by Gasteiger charge is -1.95. The summed E-state index contributed by atoms with van der Waals surface area (Å²) in [6.07, 6.45) is 1.70. The minimum absolute atomic E-state index is 0.430. The summed E-state index contributed by atoms with van der Waals surface area (Å²) in [7, 11) is 0. The van der Waals surface area contributed by atoms with Crippen LogP contribution in [0, 0.1) is 0 Å². The molecule has 0 atom stereocenters. The fraction of sp³-hybridized carbons (Fsp3) is 0.100. The zero-order valence-electron chi connectivity index (χ0n) is 6.97. The van der Waals surface area contributed by atoms with Gasteiger partial charge in [-0.05, 0) is 18.1 Å². The van der Waals surface area contributed by atoms with E-state index in [9.17, 15) is 4.79 Å². The number of hydrogen-bond donors (Lipinski definition) is 2. The first-order valence-electron chi connectivity index (χ1n) is 3.86. The second-order valence-electron chi connectivity index (χ2n) is 2.58. The molecule has 0 heterocycles. The van der Waals surface area contributed by atoms with Crippen molar-refractivity contribution in [3.63, 3.8) is 0 Å². The van der Waals surface area contributed by atoms with Gasteiger partial charge >= 0.3 is 5.97 Å². The highest BCUT2D eigenvalue weighted by Crippen LogP contribution is 2.01. The molecule has 68 valence electrons. The van der Waals surface area contributed by atoms with Crippen molar-refractivity contribution < 1.29 is 15.0 Å². The van der Waals surface area contributed by atoms with Gasteiger partial charge in [0.1, 0.15) is 0 Å². The van der Waals surface area contributed by atoms with E-state index in [1.807, 2.05) is 30.3 Å². The van der Waals surface area contributed by atoms with Crippen LogP contribution in [0.4, 0.5) is 0 Å². The molecule has 0 spiro atoms. The van der Waals surface area contributed by atoms with Gasteiger partial charge in [0.25, 0.3) is 0 Å². The quantitative estimate of drug-likeness (QED) is 0.547. The number of carboxylic acid groups (broad SMARTS) is 1. The fourth-order valence-electron chi connectivity index (χ4n) is 0.916. The molecule has 2 N–H and O–H groups in total. The van der Waals surface area contributed by atoms with Crippen molar-refractivity contribution in [3.05, 3.63) is 47.7 Å². The Labute approximate surface area is 76.0 Å². The molecule has 0 saturated carbocycles. The average molecular weight is 178 g/mol. The number of allylic oxidation sites excluding steroid dienone is 1. The molecular weight excluding hydrogens is 168 g/mol. The number of rotatable bonds is 3. The van der Waals surface area contributed by atoms with Crippen molar-refractivity contribution in [2.75, 3.05) is 0 Å². The summed E-state index contributed by atoms with van der Waals surface area (Å²) < 4.78 is 0. The Morgan fingerprint density at radius 3 is 2.38 bits per heavy atom. The number of aliphatic hydroxyl groups excluding tert-OH is 1. The van der Waals surface area contributed by atoms with Crippen molar-refractivity contribution in [2.24, 2.45) is 0 Å². The van der Waals surface area contributed by atoms with Crippen LogP contribution in [0.15, 0.2) is 42.2 Å². The molecule has 1 aromatic carbocycles. The topological polar surface area (TPSA) is 57.5 Å². The maximum Gasteiger partial charge on any atom is 0.370 e. The van der Waals surface area contributed by atoms with Crippen molar-refractivity contribution in [1.82, 2.24) is 0 Å². The lowest BCUT2D eigenvalue weighted by molar-refractivity contribution is -0.135. The van der Waals surface area contributed by atoms with E-state index in [2.05, 4.69) is 0 Å². The Kier molecular flexibility index (Phi) is 3.09. The normalized spacial score (nSPS) is 11.2. The highest BCUT2D eigenvalue weighted by Gasteiger charge is 2.01. The summed E-state index contributed by atoms with van der Waals surface area (Å²) in [4.78, 5) is 10.2. The van der Waals surface area contributed by atoms with E-state index < -0.39 is 11.7 Å². The molecule has 0 radical (unpaired) electrons. The van der Waals surface area contributed by atoms with Crippen LogP contribution in [-0.2, 0) is 11.2 Å². The van der Waals surface area contributed by atoms with E-state index in [4.69, 9.17) is 10.2 Å². The molecule has 0 aromatic heterocycles. The first-order chi connectivity index (χ1) is 6.20. The number of hydrogen-bond acceptors (Lipinski definition) is 2. The summed E-state index contributed by atoms with van der Waals surface area (Å²) in [6.45, 7) is 0. The number of benzene rings is 1. The maximum atomic E-state index is 10.2. The van der Waals surface area contributed by atoms with Gasteiger partial charge < -0.3 is 10.2 Å². The van der Waals surface area contributed by atoms with Gasteiger partial charge in [0.2, 0.25) is 0 Å². The van der Waals surface area contributed by atoms with Gasteiger partial charge in [-0.15, -0.1) is 0 Å². The van der Waals surface area contributed by atoms with Crippen LogP contribution in [-0.4, -0.2) is 16.2 Å². The lowest BCUT2D eigenvalue weighted by atomic mass is 10.1. The fourth-order valence-corrected chi connectivity index (χ4v) is 0.916. The molecule has 3 heteroatoms. The predicted molar refractivity (Wildman–Crippen MR) is 48.5 cm³/mol. The van der Waals surface area contributed by atoms with Crippen LogP contribution in [0.5, 0.6) is 0 Å². The summed E-state index contributed by atoms with van der Waals surface area (Å²) in [5.74, 6) is -1.90. The lowest BCUT2D eigenvalue weighted by Crippen LogP contribution is -1.99. The minimum Gasteiger partial charge on any atom is -0.502 e. The number of aliphatic hydroxyl groups is 1. The third kappa shape index (κ3) is 2.99. The van der Waals surface area contributed by atoms with Gasteiger partial charge in [0, 0.05) is 0 Å². The van der Waals surface area contributed by atoms with Crippen LogP contribution in [0.1, 0.15) is 5.56 Å². The van der Waals surface area contributed by atoms with Gasteiger partial charge in [0.05, 0.1) is 0 Å². The Bertz CT molecular complexity index is 314. The number of carboxylic acids is 1.